The van der Waals surface area contributed by atoms with E-state index in [9.17, 15) is 4.79 Å². The molecular formula is C15H20N2O4. The molecule has 1 aromatic rings. The first-order valence-corrected chi connectivity index (χ1v) is 7.22. The highest BCUT2D eigenvalue weighted by atomic mass is 16.7. The Morgan fingerprint density at radius 1 is 1.48 bits per heavy atom. The molecule has 114 valence electrons. The molecule has 0 radical (unpaired) electrons. The number of ether oxygens (including phenoxy) is 2. The van der Waals surface area contributed by atoms with E-state index >= 15 is 0 Å². The molecule has 2 heterocycles. The summed E-state index contributed by atoms with van der Waals surface area (Å²) in [6, 6.07) is 5.49. The van der Waals surface area contributed by atoms with Crippen LogP contribution in [0.2, 0.25) is 0 Å². The smallest absolute Gasteiger partial charge is 0.320 e. The van der Waals surface area contributed by atoms with E-state index in [1.807, 2.05) is 18.2 Å². The molecule has 0 saturated carbocycles. The van der Waals surface area contributed by atoms with Gasteiger partial charge >= 0.3 is 5.97 Å². The maximum atomic E-state index is 11.1. The van der Waals surface area contributed by atoms with E-state index in [2.05, 4.69) is 10.2 Å². The number of carboxylic acids is 1. The molecule has 2 aliphatic heterocycles. The fourth-order valence-corrected chi connectivity index (χ4v) is 3.02. The van der Waals surface area contributed by atoms with E-state index in [1.165, 1.54) is 0 Å². The van der Waals surface area contributed by atoms with Gasteiger partial charge in [0.2, 0.25) is 6.79 Å². The number of likely N-dealkylation sites (N-methyl/N-ethyl adjacent to an activating group) is 1. The molecule has 0 amide bonds. The van der Waals surface area contributed by atoms with Gasteiger partial charge < -0.3 is 24.8 Å². The SMILES string of the molecule is CNC(CC1CCN(c2ccc3c(c2)OCO3)C1)C(=O)O. The van der Waals surface area contributed by atoms with Crippen LogP contribution in [0.4, 0.5) is 5.69 Å². The van der Waals surface area contributed by atoms with Crippen LogP contribution in [-0.2, 0) is 4.79 Å². The van der Waals surface area contributed by atoms with E-state index < -0.39 is 12.0 Å². The normalized spacial score (nSPS) is 21.6. The van der Waals surface area contributed by atoms with Gasteiger partial charge in [-0.25, -0.2) is 0 Å². The largest absolute Gasteiger partial charge is 0.480 e. The minimum absolute atomic E-state index is 0.282. The van der Waals surface area contributed by atoms with Crippen molar-refractivity contribution in [3.05, 3.63) is 18.2 Å². The minimum Gasteiger partial charge on any atom is -0.480 e. The molecule has 1 saturated heterocycles. The Balaban J connectivity index is 1.63. The van der Waals surface area contributed by atoms with E-state index in [0.29, 0.717) is 12.3 Å². The predicted molar refractivity (Wildman–Crippen MR) is 78.0 cm³/mol. The number of benzene rings is 1. The first-order chi connectivity index (χ1) is 10.2. The van der Waals surface area contributed by atoms with Crippen LogP contribution < -0.4 is 19.7 Å². The second-order valence-electron chi connectivity index (χ2n) is 5.55. The van der Waals surface area contributed by atoms with Crippen LogP contribution >= 0.6 is 0 Å². The lowest BCUT2D eigenvalue weighted by Gasteiger charge is -2.20. The zero-order valence-electron chi connectivity index (χ0n) is 12.0. The van der Waals surface area contributed by atoms with Crippen LogP contribution in [0.5, 0.6) is 11.5 Å². The van der Waals surface area contributed by atoms with Crippen molar-refractivity contribution in [2.45, 2.75) is 18.9 Å². The van der Waals surface area contributed by atoms with Gasteiger partial charge in [-0.05, 0) is 37.9 Å². The summed E-state index contributed by atoms with van der Waals surface area (Å²) in [7, 11) is 1.70. The highest BCUT2D eigenvalue weighted by Gasteiger charge is 2.28. The Labute approximate surface area is 123 Å². The van der Waals surface area contributed by atoms with Crippen molar-refractivity contribution in [1.82, 2.24) is 5.32 Å². The van der Waals surface area contributed by atoms with Gasteiger partial charge in [0.05, 0.1) is 0 Å². The monoisotopic (exact) mass is 292 g/mol. The van der Waals surface area contributed by atoms with Crippen molar-refractivity contribution < 1.29 is 19.4 Å². The number of fused-ring (bicyclic) bond motifs is 1. The molecule has 0 aromatic heterocycles. The predicted octanol–water partition coefficient (Wildman–Crippen LogP) is 1.30. The number of hydrogen-bond acceptors (Lipinski definition) is 5. The van der Waals surface area contributed by atoms with E-state index in [1.54, 1.807) is 7.05 Å². The second-order valence-corrected chi connectivity index (χ2v) is 5.55. The van der Waals surface area contributed by atoms with Crippen LogP contribution in [0.25, 0.3) is 0 Å². The molecule has 6 heteroatoms. The Bertz CT molecular complexity index is 534. The molecule has 3 rings (SSSR count). The maximum Gasteiger partial charge on any atom is 0.320 e. The van der Waals surface area contributed by atoms with Crippen molar-refractivity contribution in [2.24, 2.45) is 5.92 Å². The third-order valence-electron chi connectivity index (χ3n) is 4.22. The van der Waals surface area contributed by atoms with Gasteiger partial charge in [0.25, 0.3) is 0 Å². The molecule has 2 aliphatic rings. The number of nitrogens with one attached hydrogen (secondary N) is 1. The lowest BCUT2D eigenvalue weighted by atomic mass is 9.99. The fourth-order valence-electron chi connectivity index (χ4n) is 3.02. The van der Waals surface area contributed by atoms with Gasteiger partial charge in [-0.15, -0.1) is 0 Å². The van der Waals surface area contributed by atoms with Gasteiger partial charge in [-0.1, -0.05) is 0 Å². The van der Waals surface area contributed by atoms with Crippen LogP contribution in [0.15, 0.2) is 18.2 Å². The Hall–Kier alpha value is -1.95. The number of hydrogen-bond donors (Lipinski definition) is 2. The Morgan fingerprint density at radius 2 is 2.29 bits per heavy atom. The van der Waals surface area contributed by atoms with Gasteiger partial charge in [0.1, 0.15) is 6.04 Å². The molecular weight excluding hydrogens is 272 g/mol. The number of anilines is 1. The zero-order chi connectivity index (χ0) is 14.8. The topological polar surface area (TPSA) is 71.0 Å². The highest BCUT2D eigenvalue weighted by molar-refractivity contribution is 5.73. The number of rotatable bonds is 5. The summed E-state index contributed by atoms with van der Waals surface area (Å²) in [5.74, 6) is 1.19. The fraction of sp³-hybridized carbons (Fsp3) is 0.533. The van der Waals surface area contributed by atoms with Gasteiger partial charge in [-0.2, -0.15) is 0 Å². The third kappa shape index (κ3) is 2.90. The van der Waals surface area contributed by atoms with Crippen molar-refractivity contribution >= 4 is 11.7 Å². The van der Waals surface area contributed by atoms with Crippen molar-refractivity contribution in [3.63, 3.8) is 0 Å². The molecule has 0 aliphatic carbocycles. The summed E-state index contributed by atoms with van der Waals surface area (Å²) in [4.78, 5) is 13.4. The van der Waals surface area contributed by atoms with Gasteiger partial charge in [0.15, 0.2) is 11.5 Å². The number of carboxylic acid groups (broad SMARTS) is 1. The minimum atomic E-state index is -0.779. The number of carbonyl (C=O) groups is 1. The Morgan fingerprint density at radius 3 is 3.05 bits per heavy atom. The molecule has 6 nitrogen and oxygen atoms in total. The van der Waals surface area contributed by atoms with E-state index in [0.717, 1.165) is 36.7 Å². The zero-order valence-corrected chi connectivity index (χ0v) is 12.0. The van der Waals surface area contributed by atoms with Crippen LogP contribution in [0.1, 0.15) is 12.8 Å². The standard InChI is InChI=1S/C15H20N2O4/c1-16-12(15(18)19)6-10-4-5-17(8-10)11-2-3-13-14(7-11)21-9-20-13/h2-3,7,10,12,16H,4-6,8-9H2,1H3,(H,18,19). The average Bonchev–Trinajstić information content (AvgIpc) is 3.12. The Kier molecular flexibility index (Phi) is 3.88. The van der Waals surface area contributed by atoms with E-state index in [4.69, 9.17) is 14.6 Å². The summed E-state index contributed by atoms with van der Waals surface area (Å²) in [5, 5.41) is 12.0. The molecule has 2 unspecified atom stereocenters. The summed E-state index contributed by atoms with van der Waals surface area (Å²) in [6.45, 7) is 2.11. The molecule has 1 aromatic carbocycles. The van der Waals surface area contributed by atoms with Crippen molar-refractivity contribution in [1.29, 1.82) is 0 Å². The third-order valence-corrected chi connectivity index (χ3v) is 4.22. The highest BCUT2D eigenvalue weighted by Crippen LogP contribution is 2.37. The van der Waals surface area contributed by atoms with Gasteiger partial charge in [-0.3, -0.25) is 4.79 Å². The lowest BCUT2D eigenvalue weighted by molar-refractivity contribution is -0.139. The summed E-state index contributed by atoms with van der Waals surface area (Å²) < 4.78 is 10.7. The molecule has 21 heavy (non-hydrogen) atoms. The lowest BCUT2D eigenvalue weighted by Crippen LogP contribution is -2.36. The van der Waals surface area contributed by atoms with E-state index in [-0.39, 0.29) is 6.79 Å². The number of nitrogens with zero attached hydrogens (tertiary/aromatic N) is 1. The maximum absolute atomic E-state index is 11.1. The second kappa shape index (κ2) is 5.81. The van der Waals surface area contributed by atoms with Crippen molar-refractivity contribution in [3.8, 4) is 11.5 Å². The summed E-state index contributed by atoms with van der Waals surface area (Å²) in [5.41, 5.74) is 1.11. The average molecular weight is 292 g/mol. The first-order valence-electron chi connectivity index (χ1n) is 7.22. The molecule has 0 bridgehead atoms. The van der Waals surface area contributed by atoms with Crippen molar-refractivity contribution in [2.75, 3.05) is 31.8 Å². The summed E-state index contributed by atoms with van der Waals surface area (Å²) >= 11 is 0. The summed E-state index contributed by atoms with van der Waals surface area (Å²) in [6.07, 6.45) is 1.67. The molecule has 2 N–H and O–H groups in total. The molecule has 0 spiro atoms. The van der Waals surface area contributed by atoms with Crippen LogP contribution in [-0.4, -0.2) is 44.0 Å². The van der Waals surface area contributed by atoms with Gasteiger partial charge in [0, 0.05) is 24.8 Å². The van der Waals surface area contributed by atoms with Crippen LogP contribution in [0.3, 0.4) is 0 Å². The quantitative estimate of drug-likeness (QED) is 0.852. The van der Waals surface area contributed by atoms with Crippen LogP contribution in [0, 0.1) is 5.92 Å². The number of aliphatic carboxylic acids is 1. The first kappa shape index (κ1) is 14.0. The molecule has 1 fully saturated rings. The molecule has 2 atom stereocenters.